The van der Waals surface area contributed by atoms with Crippen molar-refractivity contribution in [2.45, 2.75) is 19.9 Å². The summed E-state index contributed by atoms with van der Waals surface area (Å²) < 4.78 is 0. The van der Waals surface area contributed by atoms with Crippen LogP contribution in [0.3, 0.4) is 0 Å². The molecule has 0 saturated heterocycles. The first-order chi connectivity index (χ1) is 10.7. The third-order valence-electron chi connectivity index (χ3n) is 4.08. The van der Waals surface area contributed by atoms with Crippen LogP contribution in [-0.4, -0.2) is 0 Å². The van der Waals surface area contributed by atoms with Crippen LogP contribution in [0.2, 0.25) is 0 Å². The van der Waals surface area contributed by atoms with Gasteiger partial charge in [0, 0.05) is 5.56 Å². The van der Waals surface area contributed by atoms with E-state index in [0.717, 1.165) is 0 Å². The van der Waals surface area contributed by atoms with E-state index in [2.05, 4.69) is 86.6 Å². The van der Waals surface area contributed by atoms with Crippen molar-refractivity contribution in [1.82, 2.24) is 0 Å². The molecule has 22 heavy (non-hydrogen) atoms. The Morgan fingerprint density at radius 2 is 1.77 bits per heavy atom. The Labute approximate surface area is 132 Å². The van der Waals surface area contributed by atoms with Gasteiger partial charge in [0.2, 0.25) is 0 Å². The van der Waals surface area contributed by atoms with Crippen molar-refractivity contribution in [2.75, 3.05) is 0 Å². The molecule has 0 radical (unpaired) electrons. The van der Waals surface area contributed by atoms with Gasteiger partial charge in [0.1, 0.15) is 6.04 Å². The van der Waals surface area contributed by atoms with Crippen LogP contribution in [0, 0.1) is 13.8 Å². The first-order valence-corrected chi connectivity index (χ1v) is 7.71. The van der Waals surface area contributed by atoms with E-state index in [1.807, 2.05) is 6.08 Å². The summed E-state index contributed by atoms with van der Waals surface area (Å²) in [6.07, 6.45) is 8.64. The van der Waals surface area contributed by atoms with E-state index in [-0.39, 0.29) is 0 Å². The monoisotopic (exact) mass is 288 g/mol. The van der Waals surface area contributed by atoms with Gasteiger partial charge in [-0.3, -0.25) is 0 Å². The molecule has 1 aliphatic heterocycles. The smallest absolute Gasteiger partial charge is 0.136 e. The highest BCUT2D eigenvalue weighted by atomic mass is 14.9. The minimum absolute atomic E-state index is 0.301. The molecule has 1 atom stereocenters. The van der Waals surface area contributed by atoms with Gasteiger partial charge in [0.05, 0.1) is 6.20 Å². The summed E-state index contributed by atoms with van der Waals surface area (Å²) in [7, 11) is 0. The van der Waals surface area contributed by atoms with Crippen molar-refractivity contribution in [1.29, 1.82) is 0 Å². The maximum atomic E-state index is 3.93. The van der Waals surface area contributed by atoms with Crippen LogP contribution < -0.4 is 5.32 Å². The summed E-state index contributed by atoms with van der Waals surface area (Å²) >= 11 is 0. The molecule has 2 aromatic carbocycles. The lowest BCUT2D eigenvalue weighted by atomic mass is 9.93. The summed E-state index contributed by atoms with van der Waals surface area (Å²) in [5, 5.41) is 2.24. The highest BCUT2D eigenvalue weighted by molar-refractivity contribution is 5.75. The number of nitrogens with two attached hydrogens (primary N) is 1. The summed E-state index contributed by atoms with van der Waals surface area (Å²) in [5.41, 5.74) is 7.71. The Hall–Kier alpha value is -2.38. The molecule has 1 nitrogen and oxygen atoms in total. The minimum Gasteiger partial charge on any atom is -0.310 e. The molecule has 3 rings (SSSR count). The van der Waals surface area contributed by atoms with Crippen LogP contribution in [-0.2, 0) is 0 Å². The van der Waals surface area contributed by atoms with Crippen molar-refractivity contribution in [3.63, 3.8) is 0 Å². The van der Waals surface area contributed by atoms with E-state index < -0.39 is 0 Å². The van der Waals surface area contributed by atoms with Crippen LogP contribution in [0.4, 0.5) is 0 Å². The summed E-state index contributed by atoms with van der Waals surface area (Å²) in [5.74, 6) is 0. The predicted octanol–water partition coefficient (Wildman–Crippen LogP) is 4.16. The molecule has 2 N–H and O–H groups in total. The van der Waals surface area contributed by atoms with E-state index in [1.165, 1.54) is 33.4 Å². The Morgan fingerprint density at radius 1 is 1.05 bits per heavy atom. The molecule has 0 aromatic heterocycles. The van der Waals surface area contributed by atoms with Crippen molar-refractivity contribution in [2.24, 2.45) is 0 Å². The average Bonchev–Trinajstić information content (AvgIpc) is 2.54. The fourth-order valence-electron chi connectivity index (χ4n) is 3.11. The van der Waals surface area contributed by atoms with Gasteiger partial charge in [-0.1, -0.05) is 66.2 Å². The molecule has 0 bridgehead atoms. The van der Waals surface area contributed by atoms with E-state index in [9.17, 15) is 0 Å². The highest BCUT2D eigenvalue weighted by Gasteiger charge is 2.18. The van der Waals surface area contributed by atoms with Crippen LogP contribution in [0.15, 0.2) is 67.4 Å². The number of rotatable bonds is 3. The lowest BCUT2D eigenvalue weighted by molar-refractivity contribution is -0.622. The van der Waals surface area contributed by atoms with E-state index in [4.69, 9.17) is 0 Å². The third-order valence-corrected chi connectivity index (χ3v) is 4.08. The Kier molecular flexibility index (Phi) is 4.08. The van der Waals surface area contributed by atoms with E-state index in [1.54, 1.807) is 0 Å². The number of aryl methyl sites for hydroxylation is 2. The zero-order chi connectivity index (χ0) is 15.5. The number of allylic oxidation sites excluding steroid dienone is 2. The highest BCUT2D eigenvalue weighted by Crippen LogP contribution is 2.26. The standard InChI is InChI=1S/C21H21N/c1-4-17-7-5-6-8-20(17)21-14-18(9-10-22-21)19-12-15(2)11-16(3)13-19/h4-14,21-22H,1H2,2-3H3/p+1. The molecule has 1 heteroatoms. The molecule has 110 valence electrons. The lowest BCUT2D eigenvalue weighted by Gasteiger charge is -2.18. The first kappa shape index (κ1) is 14.6. The second kappa shape index (κ2) is 6.17. The molecular weight excluding hydrogens is 266 g/mol. The van der Waals surface area contributed by atoms with Crippen LogP contribution in [0.1, 0.15) is 33.9 Å². The van der Waals surface area contributed by atoms with Crippen LogP contribution >= 0.6 is 0 Å². The van der Waals surface area contributed by atoms with Gasteiger partial charge in [0.25, 0.3) is 0 Å². The molecule has 0 fully saturated rings. The van der Waals surface area contributed by atoms with Crippen molar-refractivity contribution < 1.29 is 5.32 Å². The quantitative estimate of drug-likeness (QED) is 0.873. The second-order valence-electron chi connectivity index (χ2n) is 5.91. The predicted molar refractivity (Wildman–Crippen MR) is 94.2 cm³/mol. The summed E-state index contributed by atoms with van der Waals surface area (Å²) in [4.78, 5) is 0. The maximum absolute atomic E-state index is 3.93. The van der Waals surface area contributed by atoms with Crippen molar-refractivity contribution in [3.8, 4) is 0 Å². The topological polar surface area (TPSA) is 16.6 Å². The average molecular weight is 288 g/mol. The molecule has 1 aliphatic rings. The molecule has 0 aliphatic carbocycles. The fourth-order valence-corrected chi connectivity index (χ4v) is 3.11. The number of hydrogen-bond donors (Lipinski definition) is 1. The van der Waals surface area contributed by atoms with E-state index >= 15 is 0 Å². The lowest BCUT2D eigenvalue weighted by Crippen LogP contribution is -2.79. The van der Waals surface area contributed by atoms with Gasteiger partial charge >= 0.3 is 0 Å². The molecule has 0 amide bonds. The maximum Gasteiger partial charge on any atom is 0.136 e. The Balaban J connectivity index is 2.01. The Bertz CT molecular complexity index is 745. The van der Waals surface area contributed by atoms with Gasteiger partial charge in [-0.2, -0.15) is 0 Å². The van der Waals surface area contributed by atoms with Gasteiger partial charge < -0.3 is 5.32 Å². The number of quaternary nitrogens is 1. The molecule has 0 spiro atoms. The van der Waals surface area contributed by atoms with E-state index in [0.29, 0.717) is 6.04 Å². The Morgan fingerprint density at radius 3 is 2.50 bits per heavy atom. The van der Waals surface area contributed by atoms with Crippen LogP contribution in [0.5, 0.6) is 0 Å². The molecule has 0 saturated carbocycles. The third kappa shape index (κ3) is 2.95. The van der Waals surface area contributed by atoms with Gasteiger partial charge in [0.15, 0.2) is 0 Å². The van der Waals surface area contributed by atoms with Gasteiger partial charge in [-0.05, 0) is 42.7 Å². The van der Waals surface area contributed by atoms with Crippen molar-refractivity contribution in [3.05, 3.63) is 95.2 Å². The zero-order valence-electron chi connectivity index (χ0n) is 13.2. The molecule has 1 unspecified atom stereocenters. The minimum atomic E-state index is 0.301. The molecule has 2 aromatic rings. The fraction of sp³-hybridized carbons (Fsp3) is 0.143. The molecule has 1 heterocycles. The largest absolute Gasteiger partial charge is 0.310 e. The van der Waals surface area contributed by atoms with Gasteiger partial charge in [-0.15, -0.1) is 0 Å². The summed E-state index contributed by atoms with van der Waals surface area (Å²) in [6.45, 7) is 8.24. The second-order valence-corrected chi connectivity index (χ2v) is 5.91. The van der Waals surface area contributed by atoms with Crippen molar-refractivity contribution >= 4 is 11.6 Å². The summed E-state index contributed by atoms with van der Waals surface area (Å²) in [6, 6.07) is 15.5. The normalized spacial score (nSPS) is 17.2. The van der Waals surface area contributed by atoms with Crippen LogP contribution in [0.25, 0.3) is 11.6 Å². The SMILES string of the molecule is C=Cc1ccccc1C1C=C(c2cc(C)cc(C)c2)C=C[NH2+]1. The van der Waals surface area contributed by atoms with Gasteiger partial charge in [-0.25, -0.2) is 0 Å². The molecular formula is C21H22N+. The zero-order valence-corrected chi connectivity index (χ0v) is 13.2. The first-order valence-electron chi connectivity index (χ1n) is 7.71. The number of hydrogen-bond acceptors (Lipinski definition) is 0. The number of benzene rings is 2.